The highest BCUT2D eigenvalue weighted by molar-refractivity contribution is 6.62. The predicted octanol–water partition coefficient (Wildman–Crippen LogP) is -1.98. The second-order valence-corrected chi connectivity index (χ2v) is 9.16. The SMILES string of the molecule is C[C@H](NC(=O)c1ccc2c(c1)B(O)OC2)[C@H](NC(=O)c1ccc2c(c1)B(O)OC2)C(=O)NCCCC(=O)O. The molecule has 2 heterocycles. The lowest BCUT2D eigenvalue weighted by atomic mass is 9.78. The van der Waals surface area contributed by atoms with Crippen LogP contribution in [0.25, 0.3) is 0 Å². The molecule has 0 aromatic heterocycles. The van der Waals surface area contributed by atoms with E-state index in [1.54, 1.807) is 31.2 Å². The molecule has 0 saturated heterocycles. The summed E-state index contributed by atoms with van der Waals surface area (Å²) in [5.41, 5.74) is 2.86. The fourth-order valence-electron chi connectivity index (χ4n) is 4.29. The average Bonchev–Trinajstić information content (AvgIpc) is 3.46. The minimum Gasteiger partial charge on any atom is -0.481 e. The van der Waals surface area contributed by atoms with Crippen molar-refractivity contribution in [2.24, 2.45) is 0 Å². The van der Waals surface area contributed by atoms with Crippen LogP contribution in [0.3, 0.4) is 0 Å². The lowest BCUT2D eigenvalue weighted by Crippen LogP contribution is -2.57. The summed E-state index contributed by atoms with van der Waals surface area (Å²) in [7, 11) is -2.28. The maximum atomic E-state index is 13.1. The van der Waals surface area contributed by atoms with E-state index in [1.807, 2.05) is 0 Å². The number of nitrogens with one attached hydrogen (secondary N) is 3. The van der Waals surface area contributed by atoms with Crippen LogP contribution in [0.1, 0.15) is 51.6 Å². The molecule has 0 spiro atoms. The van der Waals surface area contributed by atoms with Crippen LogP contribution in [-0.2, 0) is 32.1 Å². The Labute approximate surface area is 219 Å². The van der Waals surface area contributed by atoms with Crippen LogP contribution in [0, 0.1) is 0 Å². The molecule has 0 fully saturated rings. The van der Waals surface area contributed by atoms with Crippen molar-refractivity contribution >= 4 is 48.9 Å². The van der Waals surface area contributed by atoms with Gasteiger partial charge in [-0.2, -0.15) is 0 Å². The van der Waals surface area contributed by atoms with E-state index in [4.69, 9.17) is 14.4 Å². The molecule has 0 bridgehead atoms. The van der Waals surface area contributed by atoms with Gasteiger partial charge >= 0.3 is 20.2 Å². The molecule has 0 saturated carbocycles. The summed E-state index contributed by atoms with van der Waals surface area (Å²) in [6.07, 6.45) is 0.0434. The van der Waals surface area contributed by atoms with Gasteiger partial charge in [0.25, 0.3) is 11.8 Å². The number of fused-ring (bicyclic) bond motifs is 2. The van der Waals surface area contributed by atoms with Crippen LogP contribution < -0.4 is 26.9 Å². The van der Waals surface area contributed by atoms with Crippen LogP contribution in [0.4, 0.5) is 0 Å². The topological polar surface area (TPSA) is 184 Å². The van der Waals surface area contributed by atoms with E-state index in [0.717, 1.165) is 11.1 Å². The Balaban J connectivity index is 1.48. The Kier molecular flexibility index (Phi) is 8.47. The molecule has 2 aliphatic rings. The van der Waals surface area contributed by atoms with Crippen LogP contribution >= 0.6 is 0 Å². The molecule has 2 atom stereocenters. The molecule has 0 aliphatic carbocycles. The molecule has 2 aromatic carbocycles. The summed E-state index contributed by atoms with van der Waals surface area (Å²) in [6.45, 7) is 2.06. The number of benzene rings is 2. The zero-order valence-electron chi connectivity index (χ0n) is 20.6. The fourth-order valence-corrected chi connectivity index (χ4v) is 4.29. The lowest BCUT2D eigenvalue weighted by molar-refractivity contribution is -0.137. The molecule has 12 nitrogen and oxygen atoms in total. The maximum absolute atomic E-state index is 13.1. The predicted molar refractivity (Wildman–Crippen MR) is 136 cm³/mol. The third kappa shape index (κ3) is 6.22. The molecular weight excluding hydrogens is 496 g/mol. The fraction of sp³-hybridized carbons (Fsp3) is 0.333. The number of aliphatic carboxylic acids is 1. The summed E-state index contributed by atoms with van der Waals surface area (Å²) in [5.74, 6) is -2.76. The zero-order chi connectivity index (χ0) is 27.4. The first-order valence-electron chi connectivity index (χ1n) is 12.1. The number of carboxylic acid groups (broad SMARTS) is 1. The van der Waals surface area contributed by atoms with Gasteiger partial charge < -0.3 is 40.4 Å². The molecule has 4 rings (SSSR count). The molecule has 14 heteroatoms. The number of carbonyl (C=O) groups is 4. The van der Waals surface area contributed by atoms with Crippen molar-refractivity contribution in [3.8, 4) is 0 Å². The second kappa shape index (κ2) is 11.8. The number of carbonyl (C=O) groups excluding carboxylic acids is 3. The molecule has 2 aromatic rings. The van der Waals surface area contributed by atoms with Gasteiger partial charge in [0, 0.05) is 24.1 Å². The maximum Gasteiger partial charge on any atom is 0.491 e. The Bertz CT molecular complexity index is 1260. The van der Waals surface area contributed by atoms with Gasteiger partial charge in [-0.1, -0.05) is 12.1 Å². The van der Waals surface area contributed by atoms with E-state index >= 15 is 0 Å². The summed E-state index contributed by atoms with van der Waals surface area (Å²) in [4.78, 5) is 49.8. The highest BCUT2D eigenvalue weighted by Crippen LogP contribution is 2.13. The summed E-state index contributed by atoms with van der Waals surface area (Å²) in [6, 6.07) is 7.32. The smallest absolute Gasteiger partial charge is 0.481 e. The van der Waals surface area contributed by atoms with Crippen molar-refractivity contribution in [2.75, 3.05) is 6.54 Å². The quantitative estimate of drug-likeness (QED) is 0.152. The van der Waals surface area contributed by atoms with Crippen LogP contribution in [0.2, 0.25) is 0 Å². The molecule has 6 N–H and O–H groups in total. The van der Waals surface area contributed by atoms with Crippen LogP contribution in [-0.4, -0.2) is 71.7 Å². The molecule has 0 unspecified atom stereocenters. The molecule has 38 heavy (non-hydrogen) atoms. The monoisotopic (exact) mass is 523 g/mol. The third-order valence-electron chi connectivity index (χ3n) is 6.44. The normalized spacial score (nSPS) is 15.3. The first-order valence-corrected chi connectivity index (χ1v) is 12.1. The standard InChI is InChI=1S/C24H27B2N3O9/c1-13(28-22(32)14-4-6-16-11-37-25(35)18(16)9-14)21(24(34)27-8-2-3-20(30)31)29-23(33)15-5-7-17-12-38-26(36)19(17)10-15/h4-7,9-10,13,21,35-36H,2-3,8,11-12H2,1H3,(H,27,34)(H,28,32)(H,29,33)(H,30,31)/t13-,21-/m0/s1. The number of hydrogen-bond donors (Lipinski definition) is 6. The molecule has 3 amide bonds. The third-order valence-corrected chi connectivity index (χ3v) is 6.44. The Hall–Kier alpha value is -3.71. The van der Waals surface area contributed by atoms with Gasteiger partial charge in [0.05, 0.1) is 19.3 Å². The van der Waals surface area contributed by atoms with Crippen molar-refractivity contribution in [3.05, 3.63) is 58.7 Å². The Morgan fingerprint density at radius 1 is 0.895 bits per heavy atom. The van der Waals surface area contributed by atoms with Crippen LogP contribution in [0.15, 0.2) is 36.4 Å². The van der Waals surface area contributed by atoms with Crippen molar-refractivity contribution in [2.45, 2.75) is 45.1 Å². The molecule has 198 valence electrons. The summed E-state index contributed by atoms with van der Waals surface area (Å²) in [5, 5.41) is 36.6. The van der Waals surface area contributed by atoms with E-state index in [1.165, 1.54) is 12.1 Å². The zero-order valence-corrected chi connectivity index (χ0v) is 20.6. The van der Waals surface area contributed by atoms with Crippen molar-refractivity contribution in [1.29, 1.82) is 0 Å². The molecular formula is C24H27B2N3O9. The summed E-state index contributed by atoms with van der Waals surface area (Å²) >= 11 is 0. The van der Waals surface area contributed by atoms with Crippen molar-refractivity contribution < 1.29 is 43.6 Å². The first-order chi connectivity index (χ1) is 18.1. The lowest BCUT2D eigenvalue weighted by Gasteiger charge is -2.25. The highest BCUT2D eigenvalue weighted by atomic mass is 16.5. The van der Waals surface area contributed by atoms with Crippen molar-refractivity contribution in [3.63, 3.8) is 0 Å². The number of hydrogen-bond acceptors (Lipinski definition) is 8. The first kappa shape index (κ1) is 27.3. The highest BCUT2D eigenvalue weighted by Gasteiger charge is 2.32. The minimum atomic E-state index is -1.21. The second-order valence-electron chi connectivity index (χ2n) is 9.16. The largest absolute Gasteiger partial charge is 0.491 e. The Morgan fingerprint density at radius 2 is 1.42 bits per heavy atom. The molecule has 0 radical (unpaired) electrons. The van der Waals surface area contributed by atoms with E-state index in [-0.39, 0.29) is 43.7 Å². The van der Waals surface area contributed by atoms with E-state index in [2.05, 4.69) is 16.0 Å². The minimum absolute atomic E-state index is 0.0588. The van der Waals surface area contributed by atoms with Crippen LogP contribution in [0.5, 0.6) is 0 Å². The van der Waals surface area contributed by atoms with Gasteiger partial charge in [0.2, 0.25) is 5.91 Å². The van der Waals surface area contributed by atoms with Gasteiger partial charge in [-0.3, -0.25) is 19.2 Å². The number of amides is 3. The van der Waals surface area contributed by atoms with Crippen molar-refractivity contribution in [1.82, 2.24) is 16.0 Å². The van der Waals surface area contributed by atoms with Gasteiger partial charge in [0.1, 0.15) is 6.04 Å². The molecule has 2 aliphatic heterocycles. The van der Waals surface area contributed by atoms with Gasteiger partial charge in [-0.25, -0.2) is 0 Å². The van der Waals surface area contributed by atoms with E-state index in [9.17, 15) is 29.2 Å². The van der Waals surface area contributed by atoms with Gasteiger partial charge in [-0.15, -0.1) is 0 Å². The average molecular weight is 523 g/mol. The number of carboxylic acids is 1. The Morgan fingerprint density at radius 3 is 1.95 bits per heavy atom. The van der Waals surface area contributed by atoms with Gasteiger partial charge in [-0.05, 0) is 59.7 Å². The number of rotatable bonds is 10. The van der Waals surface area contributed by atoms with E-state index < -0.39 is 50.0 Å². The van der Waals surface area contributed by atoms with Gasteiger partial charge in [0.15, 0.2) is 0 Å². The summed E-state index contributed by atoms with van der Waals surface area (Å²) < 4.78 is 10.3. The van der Waals surface area contributed by atoms with E-state index in [0.29, 0.717) is 10.9 Å².